The summed E-state index contributed by atoms with van der Waals surface area (Å²) in [5.41, 5.74) is 5.82. The molecule has 124 valence electrons. The Balaban J connectivity index is 2.06. The van der Waals surface area contributed by atoms with Gasteiger partial charge in [0.25, 0.3) is 0 Å². The number of hydrogen-bond donors (Lipinski definition) is 2. The minimum absolute atomic E-state index is 0.0616. The van der Waals surface area contributed by atoms with Gasteiger partial charge in [0, 0.05) is 26.3 Å². The number of hydrogen-bond acceptors (Lipinski definition) is 4. The largest absolute Gasteiger partial charge is 0.379 e. The van der Waals surface area contributed by atoms with E-state index in [4.69, 9.17) is 15.2 Å². The Hall–Kier alpha value is -0.650. The predicted octanol–water partition coefficient (Wildman–Crippen LogP) is 1.70. The molecule has 1 saturated heterocycles. The SMILES string of the molecule is CC(C)(C)CC(CN)C(=O)NCCCOCC1CCCO1. The van der Waals surface area contributed by atoms with Gasteiger partial charge < -0.3 is 20.5 Å². The first-order valence-corrected chi connectivity index (χ1v) is 8.09. The predicted molar refractivity (Wildman–Crippen MR) is 84.0 cm³/mol. The molecule has 1 heterocycles. The van der Waals surface area contributed by atoms with Gasteiger partial charge in [-0.3, -0.25) is 4.79 Å². The second kappa shape index (κ2) is 9.38. The van der Waals surface area contributed by atoms with Crippen molar-refractivity contribution in [2.45, 2.75) is 52.6 Å². The maximum Gasteiger partial charge on any atom is 0.224 e. The number of carbonyl (C=O) groups is 1. The molecule has 1 aliphatic heterocycles. The van der Waals surface area contributed by atoms with Gasteiger partial charge in [-0.15, -0.1) is 0 Å². The highest BCUT2D eigenvalue weighted by atomic mass is 16.5. The number of ether oxygens (including phenoxy) is 2. The lowest BCUT2D eigenvalue weighted by Crippen LogP contribution is -2.37. The van der Waals surface area contributed by atoms with E-state index in [0.29, 0.717) is 26.3 Å². The summed E-state index contributed by atoms with van der Waals surface area (Å²) in [7, 11) is 0. The highest BCUT2D eigenvalue weighted by Gasteiger charge is 2.23. The average Bonchev–Trinajstić information content (AvgIpc) is 2.91. The quantitative estimate of drug-likeness (QED) is 0.636. The summed E-state index contributed by atoms with van der Waals surface area (Å²) in [6, 6.07) is 0. The minimum atomic E-state index is -0.0993. The number of rotatable bonds is 9. The van der Waals surface area contributed by atoms with E-state index >= 15 is 0 Å². The number of carbonyl (C=O) groups excluding carboxylic acids is 1. The van der Waals surface area contributed by atoms with Crippen LogP contribution in [0.5, 0.6) is 0 Å². The molecule has 1 fully saturated rings. The van der Waals surface area contributed by atoms with Crippen molar-refractivity contribution in [3.63, 3.8) is 0 Å². The van der Waals surface area contributed by atoms with Crippen LogP contribution in [0.15, 0.2) is 0 Å². The fourth-order valence-electron chi connectivity index (χ4n) is 2.54. The first-order chi connectivity index (χ1) is 9.92. The van der Waals surface area contributed by atoms with Crippen LogP contribution in [0.25, 0.3) is 0 Å². The van der Waals surface area contributed by atoms with Crippen LogP contribution in [0.1, 0.15) is 46.5 Å². The van der Waals surface area contributed by atoms with Crippen LogP contribution in [0, 0.1) is 11.3 Å². The molecule has 0 bridgehead atoms. The third-order valence-electron chi connectivity index (χ3n) is 3.61. The summed E-state index contributed by atoms with van der Waals surface area (Å²) < 4.78 is 11.0. The van der Waals surface area contributed by atoms with Crippen molar-refractivity contribution < 1.29 is 14.3 Å². The second-order valence-electron chi connectivity index (χ2n) is 7.05. The Bertz CT molecular complexity index is 296. The van der Waals surface area contributed by atoms with Gasteiger partial charge in [-0.25, -0.2) is 0 Å². The van der Waals surface area contributed by atoms with Gasteiger partial charge in [0.15, 0.2) is 0 Å². The van der Waals surface area contributed by atoms with Crippen LogP contribution in [0.2, 0.25) is 0 Å². The van der Waals surface area contributed by atoms with Gasteiger partial charge in [-0.1, -0.05) is 20.8 Å². The zero-order chi connectivity index (χ0) is 15.7. The van der Waals surface area contributed by atoms with Gasteiger partial charge in [-0.2, -0.15) is 0 Å². The molecule has 0 saturated carbocycles. The van der Waals surface area contributed by atoms with E-state index in [2.05, 4.69) is 26.1 Å². The van der Waals surface area contributed by atoms with Crippen molar-refractivity contribution in [2.24, 2.45) is 17.1 Å². The van der Waals surface area contributed by atoms with Crippen LogP contribution >= 0.6 is 0 Å². The van der Waals surface area contributed by atoms with E-state index in [0.717, 1.165) is 32.3 Å². The smallest absolute Gasteiger partial charge is 0.224 e. The summed E-state index contributed by atoms with van der Waals surface area (Å²) >= 11 is 0. The molecule has 2 atom stereocenters. The van der Waals surface area contributed by atoms with Crippen LogP contribution < -0.4 is 11.1 Å². The molecule has 5 heteroatoms. The lowest BCUT2D eigenvalue weighted by molar-refractivity contribution is -0.125. The summed E-state index contributed by atoms with van der Waals surface area (Å²) in [5.74, 6) is -0.0376. The van der Waals surface area contributed by atoms with Gasteiger partial charge >= 0.3 is 0 Å². The Labute approximate surface area is 128 Å². The van der Waals surface area contributed by atoms with Gasteiger partial charge in [-0.05, 0) is 31.1 Å². The maximum atomic E-state index is 12.0. The minimum Gasteiger partial charge on any atom is -0.379 e. The lowest BCUT2D eigenvalue weighted by atomic mass is 9.84. The fourth-order valence-corrected chi connectivity index (χ4v) is 2.54. The van der Waals surface area contributed by atoms with E-state index in [-0.39, 0.29) is 23.3 Å². The highest BCUT2D eigenvalue weighted by molar-refractivity contribution is 5.78. The zero-order valence-electron chi connectivity index (χ0n) is 13.8. The maximum absolute atomic E-state index is 12.0. The molecule has 0 aromatic heterocycles. The van der Waals surface area contributed by atoms with Crippen molar-refractivity contribution in [1.82, 2.24) is 5.32 Å². The highest BCUT2D eigenvalue weighted by Crippen LogP contribution is 2.23. The molecule has 0 aromatic rings. The van der Waals surface area contributed by atoms with Crippen molar-refractivity contribution in [3.8, 4) is 0 Å². The molecular weight excluding hydrogens is 268 g/mol. The van der Waals surface area contributed by atoms with E-state index < -0.39 is 0 Å². The van der Waals surface area contributed by atoms with Crippen molar-refractivity contribution in [1.29, 1.82) is 0 Å². The average molecular weight is 300 g/mol. The van der Waals surface area contributed by atoms with Crippen LogP contribution in [-0.2, 0) is 14.3 Å². The standard InChI is InChI=1S/C16H32N2O3/c1-16(2,3)10-13(11-17)15(19)18-7-5-8-20-12-14-6-4-9-21-14/h13-14H,4-12,17H2,1-3H3,(H,18,19). The lowest BCUT2D eigenvalue weighted by Gasteiger charge is -2.24. The van der Waals surface area contributed by atoms with Crippen molar-refractivity contribution in [2.75, 3.05) is 32.9 Å². The molecule has 1 aliphatic rings. The third kappa shape index (κ3) is 8.39. The molecule has 0 radical (unpaired) electrons. The van der Waals surface area contributed by atoms with Crippen LogP contribution in [-0.4, -0.2) is 44.9 Å². The fraction of sp³-hybridized carbons (Fsp3) is 0.938. The topological polar surface area (TPSA) is 73.6 Å². The van der Waals surface area contributed by atoms with Crippen molar-refractivity contribution in [3.05, 3.63) is 0 Å². The summed E-state index contributed by atoms with van der Waals surface area (Å²) in [4.78, 5) is 12.0. The molecule has 0 aromatic carbocycles. The Morgan fingerprint density at radius 1 is 1.48 bits per heavy atom. The molecule has 3 N–H and O–H groups in total. The molecule has 21 heavy (non-hydrogen) atoms. The Morgan fingerprint density at radius 3 is 2.81 bits per heavy atom. The van der Waals surface area contributed by atoms with Gasteiger partial charge in [0.2, 0.25) is 5.91 Å². The molecule has 5 nitrogen and oxygen atoms in total. The molecular formula is C16H32N2O3. The summed E-state index contributed by atoms with van der Waals surface area (Å²) in [6.07, 6.45) is 4.14. The molecule has 2 unspecified atom stereocenters. The van der Waals surface area contributed by atoms with Crippen molar-refractivity contribution >= 4 is 5.91 Å². The number of nitrogens with two attached hydrogens (primary N) is 1. The summed E-state index contributed by atoms with van der Waals surface area (Å²) in [5, 5.41) is 2.95. The monoisotopic (exact) mass is 300 g/mol. The number of amides is 1. The Kier molecular flexibility index (Phi) is 8.22. The van der Waals surface area contributed by atoms with E-state index in [1.807, 2.05) is 0 Å². The van der Waals surface area contributed by atoms with E-state index in [9.17, 15) is 4.79 Å². The van der Waals surface area contributed by atoms with Crippen LogP contribution in [0.3, 0.4) is 0 Å². The van der Waals surface area contributed by atoms with Crippen LogP contribution in [0.4, 0.5) is 0 Å². The Morgan fingerprint density at radius 2 is 2.24 bits per heavy atom. The van der Waals surface area contributed by atoms with Gasteiger partial charge in [0.1, 0.15) is 0 Å². The molecule has 0 aliphatic carbocycles. The normalized spacial score (nSPS) is 20.5. The van der Waals surface area contributed by atoms with E-state index in [1.54, 1.807) is 0 Å². The van der Waals surface area contributed by atoms with E-state index in [1.165, 1.54) is 0 Å². The third-order valence-corrected chi connectivity index (χ3v) is 3.61. The first kappa shape index (κ1) is 18.4. The molecule has 0 spiro atoms. The first-order valence-electron chi connectivity index (χ1n) is 8.09. The molecule has 1 amide bonds. The second-order valence-corrected chi connectivity index (χ2v) is 7.05. The summed E-state index contributed by atoms with van der Waals surface area (Å²) in [6.45, 7) is 9.61. The zero-order valence-corrected chi connectivity index (χ0v) is 13.8. The molecule has 1 rings (SSSR count). The number of nitrogens with one attached hydrogen (secondary N) is 1. The van der Waals surface area contributed by atoms with Gasteiger partial charge in [0.05, 0.1) is 18.6 Å².